The first kappa shape index (κ1) is 16.9. The number of pyridine rings is 1. The van der Waals surface area contributed by atoms with E-state index < -0.39 is 0 Å². The third kappa shape index (κ3) is 3.81. The lowest BCUT2D eigenvalue weighted by molar-refractivity contribution is -0.179. The number of aromatic nitrogens is 4. The Bertz CT molecular complexity index is 856. The summed E-state index contributed by atoms with van der Waals surface area (Å²) in [5.41, 5.74) is 2.97. The summed E-state index contributed by atoms with van der Waals surface area (Å²) in [5.74, 6) is 1.68. The van der Waals surface area contributed by atoms with Gasteiger partial charge in [-0.25, -0.2) is 9.67 Å². The standard InChI is InChI=1S/C20H23N5O/c1-16-15-18(9-11-21-16)25-19(10-13-24-12-5-6-14-26-24)22-20(23-25)17-7-3-2-4-8-17/h2-4,7-9,11,15H,5-6,10,12-14H2,1H3. The minimum Gasteiger partial charge on any atom is -0.299 e. The molecule has 0 unspecified atom stereocenters. The van der Waals surface area contributed by atoms with Gasteiger partial charge in [-0.1, -0.05) is 30.3 Å². The topological polar surface area (TPSA) is 56.1 Å². The molecule has 0 spiro atoms. The van der Waals surface area contributed by atoms with Gasteiger partial charge in [-0.3, -0.25) is 9.82 Å². The number of hydroxylamine groups is 2. The van der Waals surface area contributed by atoms with Crippen LogP contribution in [0, 0.1) is 6.92 Å². The molecule has 0 bridgehead atoms. The summed E-state index contributed by atoms with van der Waals surface area (Å²) in [6.07, 6.45) is 4.92. The van der Waals surface area contributed by atoms with Crippen molar-refractivity contribution in [2.75, 3.05) is 19.7 Å². The van der Waals surface area contributed by atoms with E-state index in [1.807, 2.05) is 65.3 Å². The molecule has 0 saturated carbocycles. The van der Waals surface area contributed by atoms with E-state index in [9.17, 15) is 0 Å². The second kappa shape index (κ2) is 7.76. The van der Waals surface area contributed by atoms with E-state index in [-0.39, 0.29) is 0 Å². The predicted molar refractivity (Wildman–Crippen MR) is 99.8 cm³/mol. The van der Waals surface area contributed by atoms with Crippen LogP contribution in [0.3, 0.4) is 0 Å². The third-order valence-corrected chi connectivity index (χ3v) is 4.49. The van der Waals surface area contributed by atoms with E-state index in [0.29, 0.717) is 0 Å². The van der Waals surface area contributed by atoms with Gasteiger partial charge in [0.25, 0.3) is 0 Å². The Kier molecular flexibility index (Phi) is 5.04. The monoisotopic (exact) mass is 349 g/mol. The van der Waals surface area contributed by atoms with Crippen LogP contribution < -0.4 is 0 Å². The summed E-state index contributed by atoms with van der Waals surface area (Å²) in [6, 6.07) is 14.1. The molecule has 1 aromatic carbocycles. The van der Waals surface area contributed by atoms with E-state index in [0.717, 1.165) is 61.1 Å². The second-order valence-electron chi connectivity index (χ2n) is 6.50. The van der Waals surface area contributed by atoms with Crippen LogP contribution in [0.5, 0.6) is 0 Å². The van der Waals surface area contributed by atoms with Gasteiger partial charge in [0.05, 0.1) is 12.3 Å². The fourth-order valence-electron chi connectivity index (χ4n) is 3.13. The van der Waals surface area contributed by atoms with E-state index in [2.05, 4.69) is 4.98 Å². The van der Waals surface area contributed by atoms with E-state index in [1.165, 1.54) is 6.42 Å². The van der Waals surface area contributed by atoms with Crippen molar-refractivity contribution in [1.29, 1.82) is 0 Å². The average molecular weight is 349 g/mol. The molecule has 1 fully saturated rings. The zero-order chi connectivity index (χ0) is 17.8. The maximum atomic E-state index is 5.72. The quantitative estimate of drug-likeness (QED) is 0.708. The van der Waals surface area contributed by atoms with E-state index >= 15 is 0 Å². The van der Waals surface area contributed by atoms with Gasteiger partial charge < -0.3 is 0 Å². The summed E-state index contributed by atoms with van der Waals surface area (Å²) in [5, 5.41) is 6.82. The first-order valence-electron chi connectivity index (χ1n) is 9.12. The first-order chi connectivity index (χ1) is 12.8. The van der Waals surface area contributed by atoms with Gasteiger partial charge in [0.2, 0.25) is 0 Å². The number of nitrogens with zero attached hydrogens (tertiary/aromatic N) is 5. The van der Waals surface area contributed by atoms with E-state index in [4.69, 9.17) is 14.9 Å². The largest absolute Gasteiger partial charge is 0.299 e. The lowest BCUT2D eigenvalue weighted by atomic mass is 10.2. The van der Waals surface area contributed by atoms with Gasteiger partial charge >= 0.3 is 0 Å². The maximum Gasteiger partial charge on any atom is 0.181 e. The van der Waals surface area contributed by atoms with Crippen molar-refractivity contribution in [3.05, 3.63) is 60.2 Å². The van der Waals surface area contributed by atoms with Gasteiger partial charge in [0, 0.05) is 37.0 Å². The summed E-state index contributed by atoms with van der Waals surface area (Å²) < 4.78 is 1.93. The molecule has 0 atom stereocenters. The molecule has 1 aliphatic rings. The van der Waals surface area contributed by atoms with Crippen LogP contribution in [0.15, 0.2) is 48.7 Å². The molecule has 26 heavy (non-hydrogen) atoms. The number of hydrogen-bond acceptors (Lipinski definition) is 5. The van der Waals surface area contributed by atoms with Crippen molar-refractivity contribution >= 4 is 0 Å². The van der Waals surface area contributed by atoms with Crippen molar-refractivity contribution in [2.45, 2.75) is 26.2 Å². The Hall–Kier alpha value is -2.57. The van der Waals surface area contributed by atoms with Crippen LogP contribution in [0.1, 0.15) is 24.4 Å². The highest BCUT2D eigenvalue weighted by molar-refractivity contribution is 5.54. The summed E-state index contributed by atoms with van der Waals surface area (Å²) in [7, 11) is 0. The number of aryl methyl sites for hydroxylation is 1. The molecular weight excluding hydrogens is 326 g/mol. The number of rotatable bonds is 5. The molecule has 0 N–H and O–H groups in total. The minimum absolute atomic E-state index is 0.745. The van der Waals surface area contributed by atoms with Crippen LogP contribution in [0.4, 0.5) is 0 Å². The Morgan fingerprint density at radius 1 is 1.12 bits per heavy atom. The average Bonchev–Trinajstić information content (AvgIpc) is 3.12. The van der Waals surface area contributed by atoms with Crippen molar-refractivity contribution in [2.24, 2.45) is 0 Å². The Morgan fingerprint density at radius 2 is 2.00 bits per heavy atom. The lowest BCUT2D eigenvalue weighted by Gasteiger charge is -2.25. The molecule has 1 saturated heterocycles. The Balaban J connectivity index is 1.64. The zero-order valence-electron chi connectivity index (χ0n) is 15.0. The van der Waals surface area contributed by atoms with Crippen molar-refractivity contribution < 1.29 is 4.84 Å². The SMILES string of the molecule is Cc1cc(-n2nc(-c3ccccc3)nc2CCN2CCCCO2)ccn1. The highest BCUT2D eigenvalue weighted by Gasteiger charge is 2.16. The van der Waals surface area contributed by atoms with Gasteiger partial charge in [-0.05, 0) is 31.9 Å². The summed E-state index contributed by atoms with van der Waals surface area (Å²) in [6.45, 7) is 4.59. The summed E-state index contributed by atoms with van der Waals surface area (Å²) in [4.78, 5) is 14.8. The van der Waals surface area contributed by atoms with Crippen molar-refractivity contribution in [3.63, 3.8) is 0 Å². The molecule has 4 rings (SSSR count). The number of benzene rings is 1. The first-order valence-corrected chi connectivity index (χ1v) is 9.12. The van der Waals surface area contributed by atoms with Crippen LogP contribution in [0.2, 0.25) is 0 Å². The normalized spacial score (nSPS) is 15.3. The zero-order valence-corrected chi connectivity index (χ0v) is 15.0. The van der Waals surface area contributed by atoms with Crippen LogP contribution >= 0.6 is 0 Å². The maximum absolute atomic E-state index is 5.72. The molecule has 6 nitrogen and oxygen atoms in total. The van der Waals surface area contributed by atoms with Gasteiger partial charge in [-0.2, -0.15) is 5.06 Å². The number of hydrogen-bond donors (Lipinski definition) is 0. The smallest absolute Gasteiger partial charge is 0.181 e. The molecular formula is C20H23N5O. The fraction of sp³-hybridized carbons (Fsp3) is 0.350. The Labute approximate surface area is 153 Å². The van der Waals surface area contributed by atoms with Crippen LogP contribution in [0.25, 0.3) is 17.1 Å². The second-order valence-corrected chi connectivity index (χ2v) is 6.50. The lowest BCUT2D eigenvalue weighted by Crippen LogP contribution is -2.32. The highest BCUT2D eigenvalue weighted by Crippen LogP contribution is 2.19. The van der Waals surface area contributed by atoms with Crippen molar-refractivity contribution in [1.82, 2.24) is 24.8 Å². The van der Waals surface area contributed by atoms with E-state index in [1.54, 1.807) is 0 Å². The van der Waals surface area contributed by atoms with Crippen LogP contribution in [-0.4, -0.2) is 44.5 Å². The van der Waals surface area contributed by atoms with Gasteiger partial charge in [-0.15, -0.1) is 5.10 Å². The molecule has 1 aliphatic heterocycles. The molecule has 2 aromatic heterocycles. The Morgan fingerprint density at radius 3 is 2.77 bits per heavy atom. The minimum atomic E-state index is 0.745. The fourth-order valence-corrected chi connectivity index (χ4v) is 3.13. The molecule has 3 aromatic rings. The van der Waals surface area contributed by atoms with Gasteiger partial charge in [0.1, 0.15) is 5.82 Å². The molecule has 0 radical (unpaired) electrons. The van der Waals surface area contributed by atoms with Crippen molar-refractivity contribution in [3.8, 4) is 17.1 Å². The molecule has 3 heterocycles. The van der Waals surface area contributed by atoms with Crippen LogP contribution in [-0.2, 0) is 11.3 Å². The molecule has 0 amide bonds. The van der Waals surface area contributed by atoms with Gasteiger partial charge in [0.15, 0.2) is 5.82 Å². The molecule has 0 aliphatic carbocycles. The summed E-state index contributed by atoms with van der Waals surface area (Å²) >= 11 is 0. The highest BCUT2D eigenvalue weighted by atomic mass is 16.7. The third-order valence-electron chi connectivity index (χ3n) is 4.49. The predicted octanol–water partition coefficient (Wildman–Crippen LogP) is 3.21. The molecule has 134 valence electrons. The molecule has 6 heteroatoms.